The highest BCUT2D eigenvalue weighted by atomic mass is 16.4. The molecule has 9 aromatic carbocycles. The molecule has 0 fully saturated rings. The van der Waals surface area contributed by atoms with Crippen LogP contribution in [0.5, 0.6) is 0 Å². The molecule has 3 aromatic heterocycles. The highest BCUT2D eigenvalue weighted by molar-refractivity contribution is 6.38. The lowest BCUT2D eigenvalue weighted by molar-refractivity contribution is 0.619. The van der Waals surface area contributed by atoms with E-state index in [1.807, 2.05) is 48.5 Å². The predicted octanol–water partition coefficient (Wildman–Crippen LogP) is 13.5. The average Bonchev–Trinajstić information content (AvgIpc) is 3.98. The standard InChI is InChI=1S/C50H29N3O2/c1-3-13-36-34(11-1)39(30-21-23-31(24-22-30)49-51-41-16-6-9-19-44(41)54-49)29-40-35-12-2-4-14-37(35)48-47(46(36)40)38-15-5-8-18-43(38)53(48)33-27-25-32(26-28-33)50-52-42-17-7-10-20-45(42)55-50/h1-29H. The molecule has 5 heteroatoms. The SMILES string of the molecule is c1ccc2oc(-c3ccc(-c4cc5c6ccccc6c6c(c7ccccc7n6-c6ccc(-c7nc8ccccc8o7)cc6)c5c5ccccc45)cc3)nc2c1. The second-order valence-electron chi connectivity index (χ2n) is 14.1. The van der Waals surface area contributed by atoms with Gasteiger partial charge in [0, 0.05) is 38.4 Å². The minimum absolute atomic E-state index is 0.620. The summed E-state index contributed by atoms with van der Waals surface area (Å²) in [7, 11) is 0. The first-order valence-electron chi connectivity index (χ1n) is 18.5. The summed E-state index contributed by atoms with van der Waals surface area (Å²) in [5.41, 5.74) is 11.0. The van der Waals surface area contributed by atoms with Gasteiger partial charge >= 0.3 is 0 Å². The molecule has 0 spiro atoms. The molecule has 0 aliphatic carbocycles. The van der Waals surface area contributed by atoms with Gasteiger partial charge in [0.15, 0.2) is 11.2 Å². The van der Waals surface area contributed by atoms with Crippen molar-refractivity contribution in [2.75, 3.05) is 0 Å². The number of nitrogens with zero attached hydrogens (tertiary/aromatic N) is 3. The Hall–Kier alpha value is -7.50. The number of aromatic nitrogens is 3. The molecule has 0 bridgehead atoms. The summed E-state index contributed by atoms with van der Waals surface area (Å²) in [4.78, 5) is 9.49. The van der Waals surface area contributed by atoms with E-state index in [2.05, 4.69) is 132 Å². The summed E-state index contributed by atoms with van der Waals surface area (Å²) >= 11 is 0. The van der Waals surface area contributed by atoms with Crippen LogP contribution >= 0.6 is 0 Å². The molecule has 0 amide bonds. The molecule has 3 heterocycles. The van der Waals surface area contributed by atoms with Gasteiger partial charge in [-0.3, -0.25) is 0 Å². The zero-order valence-electron chi connectivity index (χ0n) is 29.4. The van der Waals surface area contributed by atoms with Gasteiger partial charge < -0.3 is 13.4 Å². The third-order valence-electron chi connectivity index (χ3n) is 11.0. The Labute approximate surface area is 314 Å². The number of rotatable bonds is 4. The van der Waals surface area contributed by atoms with E-state index in [1.165, 1.54) is 54.2 Å². The van der Waals surface area contributed by atoms with Crippen LogP contribution in [0, 0.1) is 0 Å². The lowest BCUT2D eigenvalue weighted by Crippen LogP contribution is -1.95. The fourth-order valence-corrected chi connectivity index (χ4v) is 8.57. The van der Waals surface area contributed by atoms with Gasteiger partial charge in [-0.2, -0.15) is 0 Å². The van der Waals surface area contributed by atoms with Crippen LogP contribution in [0.1, 0.15) is 0 Å². The summed E-state index contributed by atoms with van der Waals surface area (Å²) in [6.45, 7) is 0. The lowest BCUT2D eigenvalue weighted by atomic mass is 9.88. The van der Waals surface area contributed by atoms with Crippen LogP contribution in [0.15, 0.2) is 185 Å². The molecule has 0 N–H and O–H groups in total. The second kappa shape index (κ2) is 11.5. The fourth-order valence-electron chi connectivity index (χ4n) is 8.57. The van der Waals surface area contributed by atoms with Crippen molar-refractivity contribution in [2.45, 2.75) is 0 Å². The Kier molecular flexibility index (Phi) is 6.27. The molecule has 0 saturated heterocycles. The quantitative estimate of drug-likeness (QED) is 0.171. The van der Waals surface area contributed by atoms with Gasteiger partial charge in [0.25, 0.3) is 0 Å². The van der Waals surface area contributed by atoms with Gasteiger partial charge in [0.1, 0.15) is 11.0 Å². The van der Waals surface area contributed by atoms with Crippen molar-refractivity contribution in [2.24, 2.45) is 0 Å². The smallest absolute Gasteiger partial charge is 0.227 e. The second-order valence-corrected chi connectivity index (χ2v) is 14.1. The summed E-state index contributed by atoms with van der Waals surface area (Å²) in [5.74, 6) is 1.25. The number of oxazole rings is 2. The molecule has 12 rings (SSSR count). The monoisotopic (exact) mass is 703 g/mol. The Morgan fingerprint density at radius 1 is 0.382 bits per heavy atom. The molecule has 55 heavy (non-hydrogen) atoms. The van der Waals surface area contributed by atoms with Crippen LogP contribution in [0.3, 0.4) is 0 Å². The number of benzene rings is 9. The van der Waals surface area contributed by atoms with Crippen molar-refractivity contribution in [3.05, 3.63) is 176 Å². The van der Waals surface area contributed by atoms with Crippen molar-refractivity contribution in [3.8, 4) is 39.7 Å². The van der Waals surface area contributed by atoms with E-state index in [-0.39, 0.29) is 0 Å². The molecule has 12 aromatic rings. The number of fused-ring (bicyclic) bond motifs is 12. The summed E-state index contributed by atoms with van der Waals surface area (Å²) in [6, 6.07) is 61.8. The van der Waals surface area contributed by atoms with Crippen molar-refractivity contribution < 1.29 is 8.83 Å². The Morgan fingerprint density at radius 2 is 0.891 bits per heavy atom. The summed E-state index contributed by atoms with van der Waals surface area (Å²) < 4.78 is 14.7. The van der Waals surface area contributed by atoms with Crippen molar-refractivity contribution in [1.82, 2.24) is 14.5 Å². The first-order chi connectivity index (χ1) is 27.3. The van der Waals surface area contributed by atoms with Crippen LogP contribution < -0.4 is 0 Å². The van der Waals surface area contributed by atoms with Crippen molar-refractivity contribution in [1.29, 1.82) is 0 Å². The minimum Gasteiger partial charge on any atom is -0.436 e. The third-order valence-corrected chi connectivity index (χ3v) is 11.0. The minimum atomic E-state index is 0.620. The fraction of sp³-hybridized carbons (Fsp3) is 0. The molecule has 0 unspecified atom stereocenters. The Morgan fingerprint density at radius 3 is 1.55 bits per heavy atom. The molecule has 0 aliphatic heterocycles. The number of hydrogen-bond acceptors (Lipinski definition) is 4. The normalized spacial score (nSPS) is 12.0. The van der Waals surface area contributed by atoms with E-state index in [1.54, 1.807) is 0 Å². The van der Waals surface area contributed by atoms with Gasteiger partial charge in [-0.15, -0.1) is 0 Å². The first-order valence-corrected chi connectivity index (χ1v) is 18.5. The maximum atomic E-state index is 6.13. The zero-order chi connectivity index (χ0) is 36.0. The first kappa shape index (κ1) is 30.0. The third kappa shape index (κ3) is 4.47. The highest BCUT2D eigenvalue weighted by Gasteiger charge is 2.22. The van der Waals surface area contributed by atoms with E-state index in [4.69, 9.17) is 18.8 Å². The molecule has 256 valence electrons. The van der Waals surface area contributed by atoms with Crippen LogP contribution in [0.2, 0.25) is 0 Å². The average molecular weight is 704 g/mol. The van der Waals surface area contributed by atoms with Crippen molar-refractivity contribution >= 4 is 76.3 Å². The van der Waals surface area contributed by atoms with Gasteiger partial charge in [-0.25, -0.2) is 9.97 Å². The lowest BCUT2D eigenvalue weighted by Gasteiger charge is -2.16. The summed E-state index contributed by atoms with van der Waals surface area (Å²) in [5, 5.41) is 9.81. The van der Waals surface area contributed by atoms with E-state index in [9.17, 15) is 0 Å². The van der Waals surface area contributed by atoms with Gasteiger partial charge in [-0.1, -0.05) is 103 Å². The molecule has 0 saturated carbocycles. The largest absolute Gasteiger partial charge is 0.436 e. The van der Waals surface area contributed by atoms with E-state index >= 15 is 0 Å². The van der Waals surface area contributed by atoms with Gasteiger partial charge in [0.2, 0.25) is 11.8 Å². The van der Waals surface area contributed by atoms with Crippen LogP contribution in [-0.4, -0.2) is 14.5 Å². The van der Waals surface area contributed by atoms with Gasteiger partial charge in [0.05, 0.1) is 11.0 Å². The molecular weight excluding hydrogens is 675 g/mol. The predicted molar refractivity (Wildman–Crippen MR) is 225 cm³/mol. The van der Waals surface area contributed by atoms with Crippen molar-refractivity contribution in [3.63, 3.8) is 0 Å². The maximum absolute atomic E-state index is 6.13. The van der Waals surface area contributed by atoms with Crippen LogP contribution in [0.25, 0.3) is 116 Å². The molecular formula is C50H29N3O2. The molecule has 0 aliphatic rings. The molecule has 0 radical (unpaired) electrons. The van der Waals surface area contributed by atoms with Gasteiger partial charge in [-0.05, 0) is 105 Å². The number of hydrogen-bond donors (Lipinski definition) is 0. The highest BCUT2D eigenvalue weighted by Crippen LogP contribution is 2.47. The molecule has 5 nitrogen and oxygen atoms in total. The summed E-state index contributed by atoms with van der Waals surface area (Å²) in [6.07, 6.45) is 0. The maximum Gasteiger partial charge on any atom is 0.227 e. The topological polar surface area (TPSA) is 57.0 Å². The Balaban J connectivity index is 1.10. The van der Waals surface area contributed by atoms with E-state index in [0.29, 0.717) is 11.8 Å². The number of para-hydroxylation sites is 5. The van der Waals surface area contributed by atoms with Crippen LogP contribution in [-0.2, 0) is 0 Å². The Bertz CT molecular complexity index is 3410. The van der Waals surface area contributed by atoms with E-state index < -0.39 is 0 Å². The van der Waals surface area contributed by atoms with Crippen LogP contribution in [0.4, 0.5) is 0 Å². The molecule has 0 atom stereocenters. The zero-order valence-corrected chi connectivity index (χ0v) is 29.4. The van der Waals surface area contributed by atoms with E-state index in [0.717, 1.165) is 50.1 Å².